The summed E-state index contributed by atoms with van der Waals surface area (Å²) in [7, 11) is 0. The van der Waals surface area contributed by atoms with E-state index in [0.717, 1.165) is 23.3 Å². The summed E-state index contributed by atoms with van der Waals surface area (Å²) < 4.78 is 51.0. The Balaban J connectivity index is 1.39. The van der Waals surface area contributed by atoms with Crippen LogP contribution in [0.2, 0.25) is 0 Å². The Morgan fingerprint density at radius 1 is 0.973 bits per heavy atom. The van der Waals surface area contributed by atoms with Crippen LogP contribution < -0.4 is 14.8 Å². The number of nitrogens with one attached hydrogen (secondary N) is 1. The molecule has 1 saturated heterocycles. The Bertz CT molecular complexity index is 1340. The summed E-state index contributed by atoms with van der Waals surface area (Å²) >= 11 is 0. The van der Waals surface area contributed by atoms with Gasteiger partial charge in [-0.05, 0) is 47.9 Å². The maximum atomic E-state index is 13.4. The van der Waals surface area contributed by atoms with E-state index in [1.54, 1.807) is 41.3 Å². The van der Waals surface area contributed by atoms with E-state index in [1.165, 1.54) is 6.07 Å². The molecule has 0 radical (unpaired) electrons. The Labute approximate surface area is 212 Å². The van der Waals surface area contributed by atoms with Gasteiger partial charge in [-0.3, -0.25) is 9.59 Å². The van der Waals surface area contributed by atoms with Gasteiger partial charge < -0.3 is 19.7 Å². The van der Waals surface area contributed by atoms with Gasteiger partial charge in [0, 0.05) is 31.1 Å². The lowest BCUT2D eigenvalue weighted by atomic mass is 9.87. The number of nitrogens with zero attached hydrogens (tertiary/aromatic N) is 1. The van der Waals surface area contributed by atoms with Crippen LogP contribution >= 0.6 is 0 Å². The fourth-order valence-corrected chi connectivity index (χ4v) is 4.87. The molecule has 3 aromatic rings. The number of halogens is 3. The zero-order valence-corrected chi connectivity index (χ0v) is 20.0. The predicted molar refractivity (Wildman–Crippen MR) is 129 cm³/mol. The first kappa shape index (κ1) is 24.7. The lowest BCUT2D eigenvalue weighted by Crippen LogP contribution is -2.35. The van der Waals surface area contributed by atoms with Crippen LogP contribution in [0.25, 0.3) is 0 Å². The third-order valence-corrected chi connectivity index (χ3v) is 6.87. The van der Waals surface area contributed by atoms with Gasteiger partial charge >= 0.3 is 6.18 Å². The second-order valence-electron chi connectivity index (χ2n) is 9.27. The molecule has 3 aromatic carbocycles. The monoisotopic (exact) mass is 510 g/mol. The molecule has 0 aromatic heterocycles. The van der Waals surface area contributed by atoms with Gasteiger partial charge in [0.25, 0.3) is 5.91 Å². The molecule has 0 bridgehead atoms. The molecular formula is C28H25F3N2O4. The summed E-state index contributed by atoms with van der Waals surface area (Å²) in [6.07, 6.45) is -4.51. The minimum Gasteiger partial charge on any atom is -0.454 e. The lowest BCUT2D eigenvalue weighted by Gasteiger charge is -2.19. The third kappa shape index (κ3) is 5.12. The molecule has 2 amide bonds. The second kappa shape index (κ2) is 9.80. The molecule has 2 aliphatic rings. The highest BCUT2D eigenvalue weighted by Crippen LogP contribution is 2.37. The van der Waals surface area contributed by atoms with E-state index in [2.05, 4.69) is 5.32 Å². The number of aryl methyl sites for hydroxylation is 1. The van der Waals surface area contributed by atoms with Gasteiger partial charge in [-0.15, -0.1) is 0 Å². The average molecular weight is 511 g/mol. The smallest absolute Gasteiger partial charge is 0.416 e. The minimum absolute atomic E-state index is 0.0983. The van der Waals surface area contributed by atoms with Crippen LogP contribution in [0.4, 0.5) is 13.2 Å². The van der Waals surface area contributed by atoms with E-state index < -0.39 is 23.6 Å². The largest absolute Gasteiger partial charge is 0.454 e. The number of rotatable bonds is 5. The molecule has 1 N–H and O–H groups in total. The van der Waals surface area contributed by atoms with Crippen molar-refractivity contribution in [3.63, 3.8) is 0 Å². The van der Waals surface area contributed by atoms with Crippen LogP contribution in [0.1, 0.15) is 38.5 Å². The summed E-state index contributed by atoms with van der Waals surface area (Å²) in [4.78, 5) is 28.2. The first-order chi connectivity index (χ1) is 17.7. The van der Waals surface area contributed by atoms with Crippen molar-refractivity contribution in [3.05, 3.63) is 94.5 Å². The average Bonchev–Trinajstić information content (AvgIpc) is 3.54. The van der Waals surface area contributed by atoms with E-state index in [9.17, 15) is 22.8 Å². The molecule has 5 rings (SSSR count). The first-order valence-corrected chi connectivity index (χ1v) is 11.9. The quantitative estimate of drug-likeness (QED) is 0.530. The summed E-state index contributed by atoms with van der Waals surface area (Å²) in [5.74, 6) is -0.677. The number of hydrogen-bond acceptors (Lipinski definition) is 4. The molecule has 2 atom stereocenters. The number of hydrogen-bond donors (Lipinski definition) is 1. The normalized spacial score (nSPS) is 18.6. The van der Waals surface area contributed by atoms with Crippen molar-refractivity contribution in [2.24, 2.45) is 5.92 Å². The first-order valence-electron chi connectivity index (χ1n) is 11.9. The zero-order chi connectivity index (χ0) is 26.2. The van der Waals surface area contributed by atoms with Crippen molar-refractivity contribution in [1.82, 2.24) is 10.2 Å². The number of carbonyl (C=O) groups excluding carboxylic acids is 2. The number of likely N-dealkylation sites (tertiary alicyclic amines) is 1. The van der Waals surface area contributed by atoms with Crippen LogP contribution in [0, 0.1) is 12.8 Å². The van der Waals surface area contributed by atoms with Crippen molar-refractivity contribution in [2.75, 3.05) is 19.9 Å². The molecule has 1 fully saturated rings. The van der Waals surface area contributed by atoms with Crippen molar-refractivity contribution < 1.29 is 32.2 Å². The number of amides is 2. The van der Waals surface area contributed by atoms with Gasteiger partial charge in [0.2, 0.25) is 12.7 Å². The van der Waals surface area contributed by atoms with Gasteiger partial charge in [-0.2, -0.15) is 13.2 Å². The Kier molecular flexibility index (Phi) is 6.54. The highest BCUT2D eigenvalue weighted by Gasteiger charge is 2.41. The molecule has 0 saturated carbocycles. The van der Waals surface area contributed by atoms with Crippen LogP contribution in [-0.2, 0) is 17.5 Å². The standard InChI is InChI=1S/C28H25F3N2O4/c1-17-5-2-3-8-21(17)27(35)33-14-22(19-6-4-7-20(12-19)28(29,30)31)23(15-33)26(34)32-13-18-9-10-24-25(11-18)37-16-36-24/h2-12,22-23H,13-16H2,1H3,(H,32,34)/t22-,23+/m1/s1. The maximum absolute atomic E-state index is 13.4. The number of fused-ring (bicyclic) bond motifs is 1. The minimum atomic E-state index is -4.51. The van der Waals surface area contributed by atoms with Crippen molar-refractivity contribution in [1.29, 1.82) is 0 Å². The van der Waals surface area contributed by atoms with E-state index >= 15 is 0 Å². The number of benzene rings is 3. The molecule has 0 spiro atoms. The fourth-order valence-electron chi connectivity index (χ4n) is 4.87. The summed E-state index contributed by atoms with van der Waals surface area (Å²) in [5.41, 5.74) is 1.68. The predicted octanol–water partition coefficient (Wildman–Crippen LogP) is 4.91. The van der Waals surface area contributed by atoms with Gasteiger partial charge in [0.05, 0.1) is 11.5 Å². The van der Waals surface area contributed by atoms with Gasteiger partial charge in [0.1, 0.15) is 0 Å². The Hall–Kier alpha value is -4.01. The molecule has 192 valence electrons. The molecule has 0 unspecified atom stereocenters. The van der Waals surface area contributed by atoms with E-state index in [0.29, 0.717) is 22.6 Å². The summed E-state index contributed by atoms with van der Waals surface area (Å²) in [5, 5.41) is 2.89. The zero-order valence-electron chi connectivity index (χ0n) is 20.0. The molecule has 2 heterocycles. The SMILES string of the molecule is Cc1ccccc1C(=O)N1C[C@H](C(=O)NCc2ccc3c(c2)OCO3)[C@@H](c2cccc(C(F)(F)F)c2)C1. The molecule has 6 nitrogen and oxygen atoms in total. The molecule has 37 heavy (non-hydrogen) atoms. The number of ether oxygens (including phenoxy) is 2. The Morgan fingerprint density at radius 2 is 1.76 bits per heavy atom. The molecule has 0 aliphatic carbocycles. The van der Waals surface area contributed by atoms with Crippen LogP contribution in [0.5, 0.6) is 11.5 Å². The van der Waals surface area contributed by atoms with E-state index in [1.807, 2.05) is 19.1 Å². The fraction of sp³-hybridized carbons (Fsp3) is 0.286. The topological polar surface area (TPSA) is 67.9 Å². The van der Waals surface area contributed by atoms with Crippen LogP contribution in [0.15, 0.2) is 66.7 Å². The highest BCUT2D eigenvalue weighted by atomic mass is 19.4. The Morgan fingerprint density at radius 3 is 2.54 bits per heavy atom. The maximum Gasteiger partial charge on any atom is 0.416 e. The summed E-state index contributed by atoms with van der Waals surface area (Å²) in [6, 6.07) is 17.5. The van der Waals surface area contributed by atoms with Crippen LogP contribution in [-0.4, -0.2) is 36.6 Å². The van der Waals surface area contributed by atoms with E-state index in [-0.39, 0.29) is 38.2 Å². The number of carbonyl (C=O) groups is 2. The summed E-state index contributed by atoms with van der Waals surface area (Å²) in [6.45, 7) is 2.39. The van der Waals surface area contributed by atoms with Crippen LogP contribution in [0.3, 0.4) is 0 Å². The second-order valence-corrected chi connectivity index (χ2v) is 9.27. The van der Waals surface area contributed by atoms with Gasteiger partial charge in [0.15, 0.2) is 11.5 Å². The third-order valence-electron chi connectivity index (χ3n) is 6.87. The molecular weight excluding hydrogens is 485 g/mol. The van der Waals surface area contributed by atoms with Crippen molar-refractivity contribution in [2.45, 2.75) is 25.6 Å². The van der Waals surface area contributed by atoms with Gasteiger partial charge in [-0.25, -0.2) is 0 Å². The van der Waals surface area contributed by atoms with Crippen molar-refractivity contribution >= 4 is 11.8 Å². The lowest BCUT2D eigenvalue weighted by molar-refractivity contribution is -0.137. The van der Waals surface area contributed by atoms with Crippen molar-refractivity contribution in [3.8, 4) is 11.5 Å². The van der Waals surface area contributed by atoms with Gasteiger partial charge in [-0.1, -0.05) is 42.5 Å². The highest BCUT2D eigenvalue weighted by molar-refractivity contribution is 5.96. The molecule has 9 heteroatoms. The number of alkyl halides is 3. The van der Waals surface area contributed by atoms with E-state index in [4.69, 9.17) is 9.47 Å². The molecule has 2 aliphatic heterocycles.